The first-order chi connectivity index (χ1) is 16.6. The minimum absolute atomic E-state index is 0.271. The van der Waals surface area contributed by atoms with Crippen molar-refractivity contribution in [2.45, 2.75) is 39.5 Å². The average molecular weight is 493 g/mol. The van der Waals surface area contributed by atoms with E-state index in [-0.39, 0.29) is 6.61 Å². The summed E-state index contributed by atoms with van der Waals surface area (Å²) in [7, 11) is 1.25. The highest BCUT2D eigenvalue weighted by Crippen LogP contribution is 2.36. The van der Waals surface area contributed by atoms with Crippen LogP contribution in [-0.2, 0) is 4.74 Å². The maximum atomic E-state index is 11.1. The van der Waals surface area contributed by atoms with E-state index in [0.29, 0.717) is 35.3 Å². The molecule has 2 aromatic rings. The Hall–Kier alpha value is -3.13. The Morgan fingerprint density at radius 2 is 1.62 bits per heavy atom. The first-order valence-corrected chi connectivity index (χ1v) is 11.8. The van der Waals surface area contributed by atoms with Crippen LogP contribution in [0.4, 0.5) is 4.79 Å². The predicted molar refractivity (Wildman–Crippen MR) is 133 cm³/mol. The van der Waals surface area contributed by atoms with Crippen molar-refractivity contribution in [2.75, 3.05) is 33.5 Å². The summed E-state index contributed by atoms with van der Waals surface area (Å²) in [4.78, 5) is 11.1. The van der Waals surface area contributed by atoms with Crippen LogP contribution in [0.2, 0.25) is 5.02 Å². The molecule has 0 aliphatic heterocycles. The van der Waals surface area contributed by atoms with E-state index in [9.17, 15) is 4.79 Å². The van der Waals surface area contributed by atoms with Crippen molar-refractivity contribution in [1.82, 2.24) is 5.43 Å². The number of hydrogen-bond donors (Lipinski definition) is 1. The van der Waals surface area contributed by atoms with Gasteiger partial charge in [-0.2, -0.15) is 5.10 Å². The molecule has 0 radical (unpaired) electrons. The summed E-state index contributed by atoms with van der Waals surface area (Å²) < 4.78 is 27.4. The fourth-order valence-corrected chi connectivity index (χ4v) is 3.20. The maximum absolute atomic E-state index is 11.1. The normalized spacial score (nSPS) is 10.7. The predicted octanol–water partition coefficient (Wildman–Crippen LogP) is 5.85. The van der Waals surface area contributed by atoms with E-state index in [2.05, 4.69) is 22.2 Å². The number of nitrogens with one attached hydrogen (secondary N) is 1. The molecule has 34 heavy (non-hydrogen) atoms. The summed E-state index contributed by atoms with van der Waals surface area (Å²) in [6.45, 7) is 5.80. The fourth-order valence-electron chi connectivity index (χ4n) is 2.92. The molecule has 0 spiro atoms. The third-order valence-corrected chi connectivity index (χ3v) is 4.86. The van der Waals surface area contributed by atoms with Gasteiger partial charge in [0.05, 0.1) is 31.6 Å². The lowest BCUT2D eigenvalue weighted by molar-refractivity contribution is 0.171. The summed E-state index contributed by atoms with van der Waals surface area (Å²) in [5.41, 5.74) is 2.84. The number of ether oxygens (including phenoxy) is 5. The summed E-state index contributed by atoms with van der Waals surface area (Å²) in [5, 5.41) is 4.15. The Morgan fingerprint density at radius 1 is 0.941 bits per heavy atom. The number of hydrogen-bond acceptors (Lipinski definition) is 7. The van der Waals surface area contributed by atoms with Crippen LogP contribution < -0.4 is 24.4 Å². The van der Waals surface area contributed by atoms with Gasteiger partial charge in [-0.1, -0.05) is 37.8 Å². The molecule has 9 heteroatoms. The van der Waals surface area contributed by atoms with E-state index in [0.717, 1.165) is 24.5 Å². The van der Waals surface area contributed by atoms with Gasteiger partial charge >= 0.3 is 6.09 Å². The van der Waals surface area contributed by atoms with Crippen molar-refractivity contribution in [1.29, 1.82) is 0 Å². The molecule has 1 N–H and O–H groups in total. The van der Waals surface area contributed by atoms with E-state index >= 15 is 0 Å². The molecule has 186 valence electrons. The zero-order chi connectivity index (χ0) is 24.6. The number of amides is 1. The molecular weight excluding hydrogens is 460 g/mol. The van der Waals surface area contributed by atoms with Gasteiger partial charge in [-0.05, 0) is 55.3 Å². The van der Waals surface area contributed by atoms with Crippen molar-refractivity contribution in [3.8, 4) is 23.0 Å². The summed E-state index contributed by atoms with van der Waals surface area (Å²) in [5.74, 6) is 2.44. The van der Waals surface area contributed by atoms with Crippen LogP contribution in [-0.4, -0.2) is 45.8 Å². The van der Waals surface area contributed by atoms with Crippen LogP contribution in [0.3, 0.4) is 0 Å². The van der Waals surface area contributed by atoms with Crippen molar-refractivity contribution in [2.24, 2.45) is 5.10 Å². The molecule has 2 rings (SSSR count). The van der Waals surface area contributed by atoms with Crippen molar-refractivity contribution < 1.29 is 28.5 Å². The van der Waals surface area contributed by atoms with Gasteiger partial charge < -0.3 is 23.7 Å². The monoisotopic (exact) mass is 492 g/mol. The van der Waals surface area contributed by atoms with Gasteiger partial charge in [-0.25, -0.2) is 10.2 Å². The Morgan fingerprint density at radius 3 is 2.26 bits per heavy atom. The fraction of sp³-hybridized carbons (Fsp3) is 0.440. The van der Waals surface area contributed by atoms with Crippen molar-refractivity contribution >= 4 is 23.9 Å². The van der Waals surface area contributed by atoms with Gasteiger partial charge in [-0.15, -0.1) is 0 Å². The molecule has 2 aromatic carbocycles. The summed E-state index contributed by atoms with van der Waals surface area (Å²) in [6, 6.07) is 10.9. The second-order valence-electron chi connectivity index (χ2n) is 7.20. The smallest absolute Gasteiger partial charge is 0.427 e. The van der Waals surface area contributed by atoms with Crippen LogP contribution in [0.25, 0.3) is 0 Å². The third-order valence-electron chi connectivity index (χ3n) is 4.58. The number of carbonyl (C=O) groups is 1. The van der Waals surface area contributed by atoms with Gasteiger partial charge in [-0.3, -0.25) is 0 Å². The molecule has 0 saturated heterocycles. The molecule has 8 nitrogen and oxygen atoms in total. The second-order valence-corrected chi connectivity index (χ2v) is 7.61. The van der Waals surface area contributed by atoms with Gasteiger partial charge in [0.25, 0.3) is 0 Å². The summed E-state index contributed by atoms with van der Waals surface area (Å²) >= 11 is 6.39. The standard InChI is InChI=1S/C25H33ClN2O6/c1-4-6-7-8-13-32-20-9-11-21(12-10-20)33-14-15-34-24-22(26)16-19(17-23(24)31-5-2)18-27-28-25(29)30-3/h9-12,16-18H,4-8,13-15H2,1-3H3,(H,28,29). The molecule has 0 fully saturated rings. The van der Waals surface area contributed by atoms with E-state index < -0.39 is 6.09 Å². The highest BCUT2D eigenvalue weighted by Gasteiger charge is 2.12. The second kappa shape index (κ2) is 15.7. The number of halogens is 1. The number of hydrazone groups is 1. The molecular formula is C25H33ClN2O6. The van der Waals surface area contributed by atoms with Crippen LogP contribution in [0.15, 0.2) is 41.5 Å². The molecule has 0 aliphatic carbocycles. The molecule has 0 aromatic heterocycles. The van der Waals surface area contributed by atoms with E-state index in [1.165, 1.54) is 32.6 Å². The Kier molecular flexibility index (Phi) is 12.5. The first-order valence-electron chi connectivity index (χ1n) is 11.4. The highest BCUT2D eigenvalue weighted by atomic mass is 35.5. The average Bonchev–Trinajstić information content (AvgIpc) is 2.84. The van der Waals surface area contributed by atoms with Gasteiger partial charge in [0, 0.05) is 0 Å². The lowest BCUT2D eigenvalue weighted by Gasteiger charge is -2.15. The topological polar surface area (TPSA) is 87.6 Å². The minimum Gasteiger partial charge on any atom is -0.494 e. The lowest BCUT2D eigenvalue weighted by Crippen LogP contribution is -2.16. The number of carbonyl (C=O) groups excluding carboxylic acids is 1. The minimum atomic E-state index is -0.670. The largest absolute Gasteiger partial charge is 0.494 e. The lowest BCUT2D eigenvalue weighted by atomic mass is 10.2. The molecule has 0 unspecified atom stereocenters. The Labute approximate surface area is 206 Å². The zero-order valence-corrected chi connectivity index (χ0v) is 20.7. The Balaban J connectivity index is 1.84. The van der Waals surface area contributed by atoms with Crippen molar-refractivity contribution in [3.63, 3.8) is 0 Å². The van der Waals surface area contributed by atoms with Crippen LogP contribution >= 0.6 is 11.6 Å². The van der Waals surface area contributed by atoms with Gasteiger partial charge in [0.15, 0.2) is 11.5 Å². The first kappa shape index (κ1) is 27.1. The summed E-state index contributed by atoms with van der Waals surface area (Å²) in [6.07, 6.45) is 5.46. The zero-order valence-electron chi connectivity index (χ0n) is 20.0. The number of benzene rings is 2. The molecule has 0 saturated carbocycles. The van der Waals surface area contributed by atoms with Crippen LogP contribution in [0.5, 0.6) is 23.0 Å². The van der Waals surface area contributed by atoms with E-state index in [1.807, 2.05) is 31.2 Å². The number of rotatable bonds is 15. The van der Waals surface area contributed by atoms with E-state index in [4.69, 9.17) is 30.5 Å². The number of unbranched alkanes of at least 4 members (excludes halogenated alkanes) is 3. The number of methoxy groups -OCH3 is 1. The quantitative estimate of drug-likeness (QED) is 0.191. The van der Waals surface area contributed by atoms with Crippen LogP contribution in [0.1, 0.15) is 45.1 Å². The molecule has 0 heterocycles. The van der Waals surface area contributed by atoms with Crippen molar-refractivity contribution in [3.05, 3.63) is 47.0 Å². The highest BCUT2D eigenvalue weighted by molar-refractivity contribution is 6.32. The SMILES string of the molecule is CCCCCCOc1ccc(OCCOc2c(Cl)cc(C=NNC(=O)OC)cc2OCC)cc1. The van der Waals surface area contributed by atoms with E-state index in [1.54, 1.807) is 12.1 Å². The molecule has 0 aliphatic rings. The third kappa shape index (κ3) is 9.79. The van der Waals surface area contributed by atoms with Gasteiger partial charge in [0.1, 0.15) is 24.7 Å². The molecule has 1 amide bonds. The molecule has 0 atom stereocenters. The van der Waals surface area contributed by atoms with Gasteiger partial charge in [0.2, 0.25) is 0 Å². The molecule has 0 bridgehead atoms. The Bertz CT molecular complexity index is 905. The maximum Gasteiger partial charge on any atom is 0.427 e. The number of nitrogens with zero attached hydrogens (tertiary/aromatic N) is 1. The van der Waals surface area contributed by atoms with Crippen LogP contribution in [0, 0.1) is 0 Å².